The highest BCUT2D eigenvalue weighted by atomic mass is 32.2. The topological polar surface area (TPSA) is 94.0 Å². The number of carbonyl (C=O) groups excluding carboxylic acids is 1. The van der Waals surface area contributed by atoms with E-state index in [2.05, 4.69) is 29.4 Å². The predicted molar refractivity (Wildman–Crippen MR) is 95.9 cm³/mol. The van der Waals surface area contributed by atoms with Crippen molar-refractivity contribution in [1.29, 1.82) is 0 Å². The van der Waals surface area contributed by atoms with Gasteiger partial charge in [0.05, 0.1) is 11.8 Å². The average Bonchev–Trinajstić information content (AvgIpc) is 3.08. The van der Waals surface area contributed by atoms with E-state index in [1.54, 1.807) is 0 Å². The largest absolute Gasteiger partial charge is 0.414 e. The minimum absolute atomic E-state index is 0.105. The second kappa shape index (κ2) is 8.84. The van der Waals surface area contributed by atoms with Crippen molar-refractivity contribution in [3.8, 4) is 0 Å². The fourth-order valence-electron chi connectivity index (χ4n) is 2.17. The van der Waals surface area contributed by atoms with Crippen molar-refractivity contribution in [2.24, 2.45) is 11.7 Å². The van der Waals surface area contributed by atoms with E-state index >= 15 is 0 Å². The Morgan fingerprint density at radius 2 is 2.08 bits per heavy atom. The number of para-hydroxylation sites is 1. The molecule has 1 heterocycles. The molecule has 0 aliphatic rings. The maximum Gasteiger partial charge on any atom is 0.277 e. The molecule has 0 radical (unpaired) electrons. The van der Waals surface area contributed by atoms with E-state index in [9.17, 15) is 4.79 Å². The lowest BCUT2D eigenvalue weighted by atomic mass is 10.0. The Balaban J connectivity index is 1.89. The van der Waals surface area contributed by atoms with Crippen molar-refractivity contribution < 1.29 is 9.21 Å². The molecule has 0 saturated heterocycles. The van der Waals surface area contributed by atoms with Crippen LogP contribution in [0.5, 0.6) is 0 Å². The summed E-state index contributed by atoms with van der Waals surface area (Å²) in [5.74, 6) is 0.783. The van der Waals surface area contributed by atoms with Crippen molar-refractivity contribution in [2.45, 2.75) is 44.9 Å². The van der Waals surface area contributed by atoms with Gasteiger partial charge in [-0.15, -0.1) is 10.2 Å². The van der Waals surface area contributed by atoms with Crippen LogP contribution in [-0.2, 0) is 11.2 Å². The van der Waals surface area contributed by atoms with Gasteiger partial charge in [-0.1, -0.05) is 57.2 Å². The molecule has 0 spiro atoms. The number of hydrogen-bond donors (Lipinski definition) is 2. The normalized spacial score (nSPS) is 13.5. The fraction of sp³-hybridized carbons (Fsp3) is 0.471. The van der Waals surface area contributed by atoms with E-state index in [0.717, 1.165) is 24.1 Å². The first-order valence-electron chi connectivity index (χ1n) is 8.14. The van der Waals surface area contributed by atoms with Crippen molar-refractivity contribution in [2.75, 3.05) is 11.1 Å². The third kappa shape index (κ3) is 4.82. The highest BCUT2D eigenvalue weighted by Crippen LogP contribution is 2.24. The Bertz CT molecular complexity index is 674. The van der Waals surface area contributed by atoms with Crippen molar-refractivity contribution in [3.63, 3.8) is 0 Å². The number of carbonyl (C=O) groups is 1. The Kier molecular flexibility index (Phi) is 6.81. The lowest BCUT2D eigenvalue weighted by molar-refractivity contribution is -0.113. The smallest absolute Gasteiger partial charge is 0.277 e. The van der Waals surface area contributed by atoms with E-state index in [1.807, 2.05) is 31.2 Å². The molecule has 6 nitrogen and oxygen atoms in total. The molecule has 7 heteroatoms. The molecule has 1 unspecified atom stereocenters. The molecule has 2 atom stereocenters. The molecular weight excluding hydrogens is 324 g/mol. The van der Waals surface area contributed by atoms with Crippen LogP contribution in [0.15, 0.2) is 33.9 Å². The van der Waals surface area contributed by atoms with Gasteiger partial charge in [0.15, 0.2) is 0 Å². The second-order valence-corrected chi connectivity index (χ2v) is 6.59. The van der Waals surface area contributed by atoms with Gasteiger partial charge in [-0.05, 0) is 24.0 Å². The van der Waals surface area contributed by atoms with Crippen LogP contribution in [0.2, 0.25) is 0 Å². The van der Waals surface area contributed by atoms with Crippen LogP contribution in [-0.4, -0.2) is 21.9 Å². The number of nitrogens with one attached hydrogen (secondary N) is 1. The van der Waals surface area contributed by atoms with E-state index in [4.69, 9.17) is 10.2 Å². The Morgan fingerprint density at radius 1 is 1.33 bits per heavy atom. The number of hydrogen-bond acceptors (Lipinski definition) is 6. The number of aryl methyl sites for hydroxylation is 1. The quantitative estimate of drug-likeness (QED) is 0.710. The lowest BCUT2D eigenvalue weighted by Gasteiger charge is -2.13. The van der Waals surface area contributed by atoms with Crippen LogP contribution in [0.1, 0.15) is 44.7 Å². The SMILES string of the molecule is CCc1ccccc1NC(=O)CSc1nnc([C@@H](N)C(C)CC)o1. The molecule has 1 aromatic carbocycles. The predicted octanol–water partition coefficient (Wildman–Crippen LogP) is 3.41. The van der Waals surface area contributed by atoms with Crippen LogP contribution < -0.4 is 11.1 Å². The van der Waals surface area contributed by atoms with Crippen LogP contribution in [0.25, 0.3) is 0 Å². The van der Waals surface area contributed by atoms with Crippen LogP contribution in [0.4, 0.5) is 5.69 Å². The first-order chi connectivity index (χ1) is 11.5. The first kappa shape index (κ1) is 18.5. The maximum atomic E-state index is 12.1. The molecule has 0 aliphatic carbocycles. The third-order valence-corrected chi connectivity index (χ3v) is 4.78. The number of rotatable bonds is 8. The molecule has 0 fully saturated rings. The number of nitrogens with two attached hydrogens (primary N) is 1. The van der Waals surface area contributed by atoms with E-state index in [-0.39, 0.29) is 23.6 Å². The van der Waals surface area contributed by atoms with E-state index in [0.29, 0.717) is 11.1 Å². The van der Waals surface area contributed by atoms with Gasteiger partial charge in [0.1, 0.15) is 0 Å². The van der Waals surface area contributed by atoms with Gasteiger partial charge < -0.3 is 15.5 Å². The number of aromatic nitrogens is 2. The van der Waals surface area contributed by atoms with Crippen LogP contribution >= 0.6 is 11.8 Å². The van der Waals surface area contributed by atoms with Gasteiger partial charge >= 0.3 is 0 Å². The van der Waals surface area contributed by atoms with Crippen molar-refractivity contribution in [3.05, 3.63) is 35.7 Å². The molecule has 1 amide bonds. The summed E-state index contributed by atoms with van der Waals surface area (Å²) in [6.45, 7) is 6.16. The van der Waals surface area contributed by atoms with Crippen molar-refractivity contribution in [1.82, 2.24) is 10.2 Å². The molecule has 24 heavy (non-hydrogen) atoms. The van der Waals surface area contributed by atoms with Gasteiger partial charge in [0.25, 0.3) is 5.22 Å². The van der Waals surface area contributed by atoms with Crippen LogP contribution in [0.3, 0.4) is 0 Å². The van der Waals surface area contributed by atoms with E-state index in [1.165, 1.54) is 11.8 Å². The number of amides is 1. The highest BCUT2D eigenvalue weighted by Gasteiger charge is 2.20. The minimum Gasteiger partial charge on any atom is -0.414 e. The summed E-state index contributed by atoms with van der Waals surface area (Å²) < 4.78 is 5.55. The zero-order valence-corrected chi connectivity index (χ0v) is 15.1. The zero-order valence-electron chi connectivity index (χ0n) is 14.3. The lowest BCUT2D eigenvalue weighted by Crippen LogP contribution is -2.18. The summed E-state index contributed by atoms with van der Waals surface area (Å²) in [6.07, 6.45) is 1.80. The molecule has 2 aromatic rings. The summed E-state index contributed by atoms with van der Waals surface area (Å²) >= 11 is 1.21. The number of benzene rings is 1. The zero-order chi connectivity index (χ0) is 17.5. The Hall–Kier alpha value is -1.86. The van der Waals surface area contributed by atoms with Gasteiger partial charge in [-0.25, -0.2) is 0 Å². The summed E-state index contributed by atoms with van der Waals surface area (Å²) in [7, 11) is 0. The Labute approximate surface area is 146 Å². The first-order valence-corrected chi connectivity index (χ1v) is 9.13. The van der Waals surface area contributed by atoms with E-state index < -0.39 is 0 Å². The second-order valence-electron chi connectivity index (χ2n) is 5.67. The molecule has 0 bridgehead atoms. The molecule has 2 rings (SSSR count). The minimum atomic E-state index is -0.276. The Morgan fingerprint density at radius 3 is 2.79 bits per heavy atom. The maximum absolute atomic E-state index is 12.1. The fourth-order valence-corrected chi connectivity index (χ4v) is 2.74. The van der Waals surface area contributed by atoms with Gasteiger partial charge in [-0.2, -0.15) is 0 Å². The third-order valence-electron chi connectivity index (χ3n) is 3.96. The number of thioether (sulfide) groups is 1. The van der Waals surface area contributed by atoms with Gasteiger partial charge in [0.2, 0.25) is 11.8 Å². The number of nitrogens with zero attached hydrogens (tertiary/aromatic N) is 2. The molecule has 0 aliphatic heterocycles. The molecule has 3 N–H and O–H groups in total. The highest BCUT2D eigenvalue weighted by molar-refractivity contribution is 7.99. The monoisotopic (exact) mass is 348 g/mol. The standard InChI is InChI=1S/C17H24N4O2S/c1-4-11(3)15(18)16-20-21-17(23-16)24-10-14(22)19-13-9-7-6-8-12(13)5-2/h6-9,11,15H,4-5,10,18H2,1-3H3,(H,19,22)/t11?,15-/m0/s1. The summed E-state index contributed by atoms with van der Waals surface area (Å²) in [6, 6.07) is 7.49. The summed E-state index contributed by atoms with van der Waals surface area (Å²) in [4.78, 5) is 12.1. The molecule has 130 valence electrons. The molecule has 1 aromatic heterocycles. The molecule has 0 saturated carbocycles. The summed E-state index contributed by atoms with van der Waals surface area (Å²) in [5.41, 5.74) is 8.02. The van der Waals surface area contributed by atoms with Gasteiger partial charge in [0, 0.05) is 5.69 Å². The van der Waals surface area contributed by atoms with Crippen LogP contribution in [0, 0.1) is 5.92 Å². The summed E-state index contributed by atoms with van der Waals surface area (Å²) in [5, 5.41) is 11.2. The number of anilines is 1. The molecular formula is C17H24N4O2S. The van der Waals surface area contributed by atoms with Crippen molar-refractivity contribution >= 4 is 23.4 Å². The average molecular weight is 348 g/mol. The van der Waals surface area contributed by atoms with Gasteiger partial charge in [-0.3, -0.25) is 4.79 Å².